The minimum Gasteiger partial charge on any atom is -0.497 e. The Morgan fingerprint density at radius 3 is 2.74 bits per heavy atom. The third-order valence-corrected chi connectivity index (χ3v) is 4.20. The Hall–Kier alpha value is -2.22. The Balaban J connectivity index is 1.99. The summed E-state index contributed by atoms with van der Waals surface area (Å²) in [6.45, 7) is 4.68. The molecule has 2 rings (SSSR count). The van der Waals surface area contributed by atoms with Gasteiger partial charge in [0.15, 0.2) is 5.16 Å². The minimum absolute atomic E-state index is 0.137. The van der Waals surface area contributed by atoms with Gasteiger partial charge in [-0.1, -0.05) is 11.8 Å². The van der Waals surface area contributed by atoms with Crippen LogP contribution in [0.5, 0.6) is 11.5 Å². The topological polar surface area (TPSA) is 78.3 Å². The van der Waals surface area contributed by atoms with Gasteiger partial charge in [-0.05, 0) is 26.0 Å². The molecule has 1 aromatic heterocycles. The number of ether oxygens (including phenoxy) is 2. The Bertz CT molecular complexity index is 687. The number of anilines is 1. The molecule has 0 spiro atoms. The van der Waals surface area contributed by atoms with Gasteiger partial charge < -0.3 is 19.4 Å². The van der Waals surface area contributed by atoms with Gasteiger partial charge in [0.25, 0.3) is 0 Å². The molecule has 124 valence electrons. The number of aryl methyl sites for hydroxylation is 1. The summed E-state index contributed by atoms with van der Waals surface area (Å²) in [6, 6.07) is 5.24. The maximum absolute atomic E-state index is 12.1. The number of methoxy groups -OCH3 is 2. The van der Waals surface area contributed by atoms with Crippen LogP contribution in [0.3, 0.4) is 0 Å². The summed E-state index contributed by atoms with van der Waals surface area (Å²) in [5, 5.41) is 11.7. The number of carbonyl (C=O) groups is 1. The largest absolute Gasteiger partial charge is 0.497 e. The molecule has 0 saturated heterocycles. The highest BCUT2D eigenvalue weighted by atomic mass is 32.2. The SMILES string of the molecule is CCn1c(C)nnc1SCC(=O)Nc1ccc(OC)cc1OC. The van der Waals surface area contributed by atoms with E-state index in [1.165, 1.54) is 11.8 Å². The van der Waals surface area contributed by atoms with E-state index in [0.29, 0.717) is 17.2 Å². The molecular weight excluding hydrogens is 316 g/mol. The van der Waals surface area contributed by atoms with E-state index in [9.17, 15) is 4.79 Å². The van der Waals surface area contributed by atoms with Gasteiger partial charge in [0.1, 0.15) is 17.3 Å². The molecule has 0 bridgehead atoms. The summed E-state index contributed by atoms with van der Waals surface area (Å²) in [5.74, 6) is 2.16. The molecule has 0 aliphatic heterocycles. The summed E-state index contributed by atoms with van der Waals surface area (Å²) in [6.07, 6.45) is 0. The van der Waals surface area contributed by atoms with Crippen molar-refractivity contribution in [2.45, 2.75) is 25.5 Å². The highest BCUT2D eigenvalue weighted by Gasteiger charge is 2.12. The van der Waals surface area contributed by atoms with Gasteiger partial charge >= 0.3 is 0 Å². The van der Waals surface area contributed by atoms with Gasteiger partial charge in [0.05, 0.1) is 25.7 Å². The van der Waals surface area contributed by atoms with Crippen LogP contribution in [-0.2, 0) is 11.3 Å². The molecular formula is C15H20N4O3S. The van der Waals surface area contributed by atoms with Crippen molar-refractivity contribution in [3.05, 3.63) is 24.0 Å². The number of aromatic nitrogens is 3. The summed E-state index contributed by atoms with van der Waals surface area (Å²) in [7, 11) is 3.13. The zero-order valence-corrected chi connectivity index (χ0v) is 14.4. The van der Waals surface area contributed by atoms with E-state index in [0.717, 1.165) is 17.5 Å². The first kappa shape index (κ1) is 17.1. The smallest absolute Gasteiger partial charge is 0.234 e. The van der Waals surface area contributed by atoms with Crippen LogP contribution in [0.1, 0.15) is 12.7 Å². The Morgan fingerprint density at radius 2 is 2.09 bits per heavy atom. The third-order valence-electron chi connectivity index (χ3n) is 3.23. The molecule has 0 atom stereocenters. The quantitative estimate of drug-likeness (QED) is 0.782. The van der Waals surface area contributed by atoms with Crippen LogP contribution in [0, 0.1) is 6.92 Å². The van der Waals surface area contributed by atoms with Crippen LogP contribution in [0.4, 0.5) is 5.69 Å². The van der Waals surface area contributed by atoms with Gasteiger partial charge in [-0.2, -0.15) is 0 Å². The van der Waals surface area contributed by atoms with Crippen molar-refractivity contribution in [3.63, 3.8) is 0 Å². The molecule has 23 heavy (non-hydrogen) atoms. The number of rotatable bonds is 7. The van der Waals surface area contributed by atoms with Crippen LogP contribution in [0.2, 0.25) is 0 Å². The lowest BCUT2D eigenvalue weighted by Crippen LogP contribution is -2.15. The van der Waals surface area contributed by atoms with Crippen molar-refractivity contribution in [1.29, 1.82) is 0 Å². The third kappa shape index (κ3) is 4.16. The maximum atomic E-state index is 12.1. The maximum Gasteiger partial charge on any atom is 0.234 e. The zero-order chi connectivity index (χ0) is 16.8. The zero-order valence-electron chi connectivity index (χ0n) is 13.6. The first-order valence-corrected chi connectivity index (χ1v) is 8.12. The highest BCUT2D eigenvalue weighted by Crippen LogP contribution is 2.29. The molecule has 0 aliphatic rings. The monoisotopic (exact) mass is 336 g/mol. The Labute approximate surface area is 139 Å². The van der Waals surface area contributed by atoms with E-state index < -0.39 is 0 Å². The fourth-order valence-electron chi connectivity index (χ4n) is 2.05. The predicted molar refractivity (Wildman–Crippen MR) is 89.3 cm³/mol. The lowest BCUT2D eigenvalue weighted by atomic mass is 10.2. The second-order valence-electron chi connectivity index (χ2n) is 4.68. The number of nitrogens with zero attached hydrogens (tertiary/aromatic N) is 3. The number of carbonyl (C=O) groups excluding carboxylic acids is 1. The first-order valence-electron chi connectivity index (χ1n) is 7.13. The van der Waals surface area contributed by atoms with E-state index in [1.807, 2.05) is 18.4 Å². The fraction of sp³-hybridized carbons (Fsp3) is 0.400. The molecule has 0 saturated carbocycles. The summed E-state index contributed by atoms with van der Waals surface area (Å²) in [5.41, 5.74) is 0.604. The standard InChI is InChI=1S/C15H20N4O3S/c1-5-19-10(2)17-18-15(19)23-9-14(20)16-12-7-6-11(21-3)8-13(12)22-4/h6-8H,5,9H2,1-4H3,(H,16,20). The number of thioether (sulfide) groups is 1. The summed E-state index contributed by atoms with van der Waals surface area (Å²) < 4.78 is 12.4. The first-order chi connectivity index (χ1) is 11.1. The Morgan fingerprint density at radius 1 is 1.30 bits per heavy atom. The van der Waals surface area contributed by atoms with Crippen LogP contribution in [0.25, 0.3) is 0 Å². The van der Waals surface area contributed by atoms with Crippen molar-refractivity contribution in [2.24, 2.45) is 0 Å². The average molecular weight is 336 g/mol. The van der Waals surface area contributed by atoms with Crippen LogP contribution >= 0.6 is 11.8 Å². The van der Waals surface area contributed by atoms with Gasteiger partial charge in [0, 0.05) is 12.6 Å². The predicted octanol–water partition coefficient (Wildman–Crippen LogP) is 2.35. The molecule has 7 nitrogen and oxygen atoms in total. The van der Waals surface area contributed by atoms with E-state index in [1.54, 1.807) is 32.4 Å². The molecule has 0 aliphatic carbocycles. The molecule has 8 heteroatoms. The Kier molecular flexibility index (Phi) is 5.86. The number of benzene rings is 1. The number of nitrogens with one attached hydrogen (secondary N) is 1. The number of amides is 1. The molecule has 1 amide bonds. The van der Waals surface area contributed by atoms with Crippen LogP contribution < -0.4 is 14.8 Å². The molecule has 2 aromatic rings. The van der Waals surface area contributed by atoms with Crippen molar-refractivity contribution in [3.8, 4) is 11.5 Å². The molecule has 1 aromatic carbocycles. The van der Waals surface area contributed by atoms with Gasteiger partial charge in [-0.15, -0.1) is 10.2 Å². The second kappa shape index (κ2) is 7.87. The number of hydrogen-bond donors (Lipinski definition) is 1. The van der Waals surface area contributed by atoms with Crippen molar-refractivity contribution >= 4 is 23.4 Å². The van der Waals surface area contributed by atoms with Crippen molar-refractivity contribution in [1.82, 2.24) is 14.8 Å². The van der Waals surface area contributed by atoms with E-state index in [-0.39, 0.29) is 11.7 Å². The van der Waals surface area contributed by atoms with Gasteiger partial charge in [0.2, 0.25) is 5.91 Å². The van der Waals surface area contributed by atoms with E-state index in [4.69, 9.17) is 9.47 Å². The summed E-state index contributed by atoms with van der Waals surface area (Å²) >= 11 is 1.35. The average Bonchev–Trinajstić information content (AvgIpc) is 2.93. The number of hydrogen-bond acceptors (Lipinski definition) is 6. The lowest BCUT2D eigenvalue weighted by Gasteiger charge is -2.11. The van der Waals surface area contributed by atoms with E-state index >= 15 is 0 Å². The van der Waals surface area contributed by atoms with Crippen molar-refractivity contribution < 1.29 is 14.3 Å². The molecule has 1 heterocycles. The summed E-state index contributed by atoms with van der Waals surface area (Å²) in [4.78, 5) is 12.1. The minimum atomic E-state index is -0.137. The van der Waals surface area contributed by atoms with Crippen LogP contribution in [0.15, 0.2) is 23.4 Å². The molecule has 1 N–H and O–H groups in total. The van der Waals surface area contributed by atoms with Crippen LogP contribution in [-0.4, -0.2) is 40.6 Å². The van der Waals surface area contributed by atoms with E-state index in [2.05, 4.69) is 15.5 Å². The lowest BCUT2D eigenvalue weighted by molar-refractivity contribution is -0.113. The molecule has 0 radical (unpaired) electrons. The second-order valence-corrected chi connectivity index (χ2v) is 5.62. The van der Waals surface area contributed by atoms with Gasteiger partial charge in [-0.3, -0.25) is 4.79 Å². The molecule has 0 unspecified atom stereocenters. The highest BCUT2D eigenvalue weighted by molar-refractivity contribution is 7.99. The molecule has 0 fully saturated rings. The normalized spacial score (nSPS) is 10.4. The van der Waals surface area contributed by atoms with Crippen molar-refractivity contribution in [2.75, 3.05) is 25.3 Å². The van der Waals surface area contributed by atoms with Gasteiger partial charge in [-0.25, -0.2) is 0 Å². The fourth-order valence-corrected chi connectivity index (χ4v) is 2.90.